The molecule has 142 valence electrons. The Bertz CT molecular complexity index is 843. The topological polar surface area (TPSA) is 83.7 Å². The van der Waals surface area contributed by atoms with Crippen LogP contribution in [0.1, 0.15) is 23.3 Å². The third-order valence-electron chi connectivity index (χ3n) is 4.37. The van der Waals surface area contributed by atoms with Crippen LogP contribution in [0.15, 0.2) is 28.2 Å². The monoisotopic (exact) mass is 397 g/mol. The first-order valence-electron chi connectivity index (χ1n) is 8.51. The molecule has 1 amide bonds. The zero-order chi connectivity index (χ0) is 18.7. The molecule has 0 aliphatic carbocycles. The van der Waals surface area contributed by atoms with Crippen LogP contribution in [0, 0.1) is 0 Å². The molecule has 0 aromatic carbocycles. The average Bonchev–Trinajstić information content (AvgIpc) is 3.30. The number of aromatic nitrogens is 1. The van der Waals surface area contributed by atoms with Crippen molar-refractivity contribution in [1.82, 2.24) is 14.8 Å². The average molecular weight is 398 g/mol. The lowest BCUT2D eigenvalue weighted by Crippen LogP contribution is -2.42. The molecule has 26 heavy (non-hydrogen) atoms. The fourth-order valence-electron chi connectivity index (χ4n) is 3.06. The molecule has 0 unspecified atom stereocenters. The van der Waals surface area contributed by atoms with E-state index in [9.17, 15) is 13.2 Å². The summed E-state index contributed by atoms with van der Waals surface area (Å²) < 4.78 is 29.1. The summed E-state index contributed by atoms with van der Waals surface area (Å²) in [5.74, 6) is 0.594. The second-order valence-electron chi connectivity index (χ2n) is 6.73. The molecule has 2 aromatic heterocycles. The Balaban J connectivity index is 1.77. The number of amides is 1. The molecule has 0 bridgehead atoms. The van der Waals surface area contributed by atoms with Crippen LogP contribution in [0.4, 0.5) is 0 Å². The summed E-state index contributed by atoms with van der Waals surface area (Å²) in [6.07, 6.45) is 2.84. The highest BCUT2D eigenvalue weighted by Gasteiger charge is 2.35. The first-order chi connectivity index (χ1) is 12.4. The number of rotatable bonds is 7. The van der Waals surface area contributed by atoms with Crippen LogP contribution in [0.2, 0.25) is 0 Å². The minimum Gasteiger partial charge on any atom is -0.462 e. The van der Waals surface area contributed by atoms with Gasteiger partial charge in [0.15, 0.2) is 20.6 Å². The SMILES string of the molecule is CN(C)CCCN(C(=O)c1csc(-c2ccco2)n1)[C@H]1CCS(=O)(=O)C1. The zero-order valence-corrected chi connectivity index (χ0v) is 16.6. The molecule has 0 saturated carbocycles. The molecule has 1 aliphatic rings. The summed E-state index contributed by atoms with van der Waals surface area (Å²) in [6, 6.07) is 3.30. The second kappa shape index (κ2) is 7.89. The summed E-state index contributed by atoms with van der Waals surface area (Å²) in [7, 11) is 0.884. The van der Waals surface area contributed by atoms with Gasteiger partial charge in [-0.25, -0.2) is 13.4 Å². The molecule has 1 atom stereocenters. The van der Waals surface area contributed by atoms with Crippen molar-refractivity contribution in [2.75, 3.05) is 38.7 Å². The van der Waals surface area contributed by atoms with Crippen LogP contribution in [-0.4, -0.2) is 73.8 Å². The van der Waals surface area contributed by atoms with Crippen LogP contribution in [0.25, 0.3) is 10.8 Å². The molecule has 1 saturated heterocycles. The van der Waals surface area contributed by atoms with Crippen LogP contribution in [0.3, 0.4) is 0 Å². The van der Waals surface area contributed by atoms with Gasteiger partial charge in [-0.05, 0) is 45.6 Å². The van der Waals surface area contributed by atoms with E-state index in [4.69, 9.17) is 4.42 Å². The number of sulfone groups is 1. The third kappa shape index (κ3) is 4.52. The van der Waals surface area contributed by atoms with Crippen molar-refractivity contribution in [3.05, 3.63) is 29.5 Å². The van der Waals surface area contributed by atoms with Crippen molar-refractivity contribution < 1.29 is 17.6 Å². The first-order valence-corrected chi connectivity index (χ1v) is 11.2. The molecule has 1 aliphatic heterocycles. The van der Waals surface area contributed by atoms with Crippen molar-refractivity contribution in [2.45, 2.75) is 18.9 Å². The zero-order valence-electron chi connectivity index (χ0n) is 14.9. The molecule has 7 nitrogen and oxygen atoms in total. The largest absolute Gasteiger partial charge is 0.462 e. The predicted molar refractivity (Wildman–Crippen MR) is 101 cm³/mol. The lowest BCUT2D eigenvalue weighted by molar-refractivity contribution is 0.0685. The van der Waals surface area contributed by atoms with E-state index in [0.29, 0.717) is 29.4 Å². The van der Waals surface area contributed by atoms with Crippen LogP contribution < -0.4 is 0 Å². The van der Waals surface area contributed by atoms with Gasteiger partial charge in [-0.15, -0.1) is 11.3 Å². The van der Waals surface area contributed by atoms with E-state index in [1.165, 1.54) is 11.3 Å². The van der Waals surface area contributed by atoms with Crippen LogP contribution >= 0.6 is 11.3 Å². The Hall–Kier alpha value is -1.71. The number of thiazole rings is 1. The van der Waals surface area contributed by atoms with Gasteiger partial charge in [0.25, 0.3) is 5.91 Å². The van der Waals surface area contributed by atoms with E-state index < -0.39 is 9.84 Å². The van der Waals surface area contributed by atoms with E-state index in [1.807, 2.05) is 19.0 Å². The van der Waals surface area contributed by atoms with Crippen molar-refractivity contribution in [3.63, 3.8) is 0 Å². The summed E-state index contributed by atoms with van der Waals surface area (Å²) in [5.41, 5.74) is 0.343. The molecule has 3 heterocycles. The molecule has 0 N–H and O–H groups in total. The highest BCUT2D eigenvalue weighted by molar-refractivity contribution is 7.91. The summed E-state index contributed by atoms with van der Waals surface area (Å²) in [5, 5.41) is 2.36. The molecule has 1 fully saturated rings. The van der Waals surface area contributed by atoms with Gasteiger partial charge in [0.1, 0.15) is 5.69 Å². The molecule has 9 heteroatoms. The minimum absolute atomic E-state index is 0.0376. The van der Waals surface area contributed by atoms with Gasteiger partial charge in [0, 0.05) is 18.0 Å². The minimum atomic E-state index is -3.06. The van der Waals surface area contributed by atoms with E-state index in [1.54, 1.807) is 28.7 Å². The lowest BCUT2D eigenvalue weighted by Gasteiger charge is -2.28. The summed E-state index contributed by atoms with van der Waals surface area (Å²) in [6.45, 7) is 1.35. The van der Waals surface area contributed by atoms with Crippen molar-refractivity contribution in [3.8, 4) is 10.8 Å². The van der Waals surface area contributed by atoms with E-state index in [2.05, 4.69) is 4.98 Å². The standard InChI is InChI=1S/C17H23N3O4S2/c1-19(2)7-4-8-20(13-6-10-26(22,23)12-13)17(21)14-11-25-16(18-14)15-5-3-9-24-15/h3,5,9,11,13H,4,6-8,10,12H2,1-2H3/t13-/m0/s1. The number of nitrogens with zero attached hydrogens (tertiary/aromatic N) is 3. The molecular weight excluding hydrogens is 374 g/mol. The lowest BCUT2D eigenvalue weighted by atomic mass is 10.2. The Labute approximate surface area is 157 Å². The second-order valence-corrected chi connectivity index (χ2v) is 9.81. The molecule has 0 radical (unpaired) electrons. The third-order valence-corrected chi connectivity index (χ3v) is 6.98. The van der Waals surface area contributed by atoms with Crippen molar-refractivity contribution in [1.29, 1.82) is 0 Å². The fraction of sp³-hybridized carbons (Fsp3) is 0.529. The van der Waals surface area contributed by atoms with Crippen LogP contribution in [-0.2, 0) is 9.84 Å². The summed E-state index contributed by atoms with van der Waals surface area (Å²) >= 11 is 1.35. The molecule has 2 aromatic rings. The number of hydrogen-bond acceptors (Lipinski definition) is 7. The van der Waals surface area contributed by atoms with Crippen molar-refractivity contribution in [2.24, 2.45) is 0 Å². The van der Waals surface area contributed by atoms with E-state index >= 15 is 0 Å². The van der Waals surface area contributed by atoms with Gasteiger partial charge in [-0.3, -0.25) is 4.79 Å². The van der Waals surface area contributed by atoms with E-state index in [-0.39, 0.29) is 23.5 Å². The Morgan fingerprint density at radius 3 is 2.81 bits per heavy atom. The van der Waals surface area contributed by atoms with Gasteiger partial charge in [-0.2, -0.15) is 0 Å². The molecule has 3 rings (SSSR count). The maximum atomic E-state index is 13.0. The van der Waals surface area contributed by atoms with E-state index in [0.717, 1.165) is 13.0 Å². The maximum Gasteiger partial charge on any atom is 0.273 e. The number of carbonyl (C=O) groups excluding carboxylic acids is 1. The molecule has 0 spiro atoms. The van der Waals surface area contributed by atoms with Gasteiger partial charge in [0.2, 0.25) is 0 Å². The highest BCUT2D eigenvalue weighted by atomic mass is 32.2. The van der Waals surface area contributed by atoms with Crippen LogP contribution in [0.5, 0.6) is 0 Å². The number of hydrogen-bond donors (Lipinski definition) is 0. The van der Waals surface area contributed by atoms with Gasteiger partial charge < -0.3 is 14.2 Å². The van der Waals surface area contributed by atoms with Gasteiger partial charge in [0.05, 0.1) is 17.8 Å². The fourth-order valence-corrected chi connectivity index (χ4v) is 5.55. The number of carbonyl (C=O) groups is 1. The normalized spacial score (nSPS) is 19.1. The Morgan fingerprint density at radius 2 is 2.19 bits per heavy atom. The van der Waals surface area contributed by atoms with Gasteiger partial charge in [-0.1, -0.05) is 0 Å². The maximum absolute atomic E-state index is 13.0. The predicted octanol–water partition coefficient (Wildman–Crippen LogP) is 1.98. The smallest absolute Gasteiger partial charge is 0.273 e. The quantitative estimate of drug-likeness (QED) is 0.710. The van der Waals surface area contributed by atoms with Crippen molar-refractivity contribution >= 4 is 27.1 Å². The summed E-state index contributed by atoms with van der Waals surface area (Å²) in [4.78, 5) is 21.2. The Morgan fingerprint density at radius 1 is 1.38 bits per heavy atom. The molecular formula is C17H23N3O4S2. The first kappa shape index (κ1) is 19.1. The number of furan rings is 1. The Kier molecular flexibility index (Phi) is 5.79. The highest BCUT2D eigenvalue weighted by Crippen LogP contribution is 2.26. The van der Waals surface area contributed by atoms with Gasteiger partial charge >= 0.3 is 0 Å².